The Bertz CT molecular complexity index is 1300. The first kappa shape index (κ1) is 25.6. The van der Waals surface area contributed by atoms with E-state index in [0.717, 1.165) is 29.4 Å². The molecule has 0 atom stereocenters. The number of aryl methyl sites for hydroxylation is 1. The first-order valence-electron chi connectivity index (χ1n) is 10.5. The Balaban J connectivity index is 1.71. The van der Waals surface area contributed by atoms with E-state index in [-0.39, 0.29) is 35.5 Å². The van der Waals surface area contributed by atoms with E-state index in [1.54, 1.807) is 16.8 Å². The number of urea groups is 1. The number of aromatic nitrogens is 3. The van der Waals surface area contributed by atoms with E-state index < -0.39 is 21.7 Å². The number of halogens is 2. The van der Waals surface area contributed by atoms with Crippen LogP contribution in [0.25, 0.3) is 5.69 Å². The predicted octanol–water partition coefficient (Wildman–Crippen LogP) is 4.27. The highest BCUT2D eigenvalue weighted by Crippen LogP contribution is 2.24. The van der Waals surface area contributed by atoms with Crippen molar-refractivity contribution in [3.8, 4) is 5.69 Å². The second-order valence-corrected chi connectivity index (χ2v) is 11.7. The number of sulfone groups is 1. The Morgan fingerprint density at radius 1 is 1.21 bits per heavy atom. The largest absolute Gasteiger partial charge is 0.332 e. The molecule has 0 aliphatic heterocycles. The Kier molecular flexibility index (Phi) is 7.62. The molecule has 2 N–H and O–H groups in total. The summed E-state index contributed by atoms with van der Waals surface area (Å²) in [4.78, 5) is 16.4. The summed E-state index contributed by atoms with van der Waals surface area (Å²) in [7, 11) is -3.24. The molecule has 2 heterocycles. The van der Waals surface area contributed by atoms with Gasteiger partial charge in [-0.1, -0.05) is 38.4 Å². The zero-order valence-corrected chi connectivity index (χ0v) is 21.0. The predicted molar refractivity (Wildman–Crippen MR) is 131 cm³/mol. The van der Waals surface area contributed by atoms with Gasteiger partial charge in [0.15, 0.2) is 0 Å². The maximum Gasteiger partial charge on any atom is 0.319 e. The SMILES string of the molecule is CC(C)(C)c1cc(CNC(=O)Nc2cnc(CCS(C)(=O)=O)c(F)c2)n(-c2cccc(Cl)c2)n1. The van der Waals surface area contributed by atoms with Gasteiger partial charge in [0.1, 0.15) is 15.7 Å². The Morgan fingerprint density at radius 2 is 1.94 bits per heavy atom. The third-order valence-electron chi connectivity index (χ3n) is 4.92. The fourth-order valence-corrected chi connectivity index (χ4v) is 3.84. The molecule has 8 nitrogen and oxygen atoms in total. The number of nitrogens with one attached hydrogen (secondary N) is 2. The molecule has 2 aromatic heterocycles. The number of amides is 2. The number of nitrogens with zero attached hydrogens (tertiary/aromatic N) is 3. The van der Waals surface area contributed by atoms with Gasteiger partial charge >= 0.3 is 6.03 Å². The normalized spacial score (nSPS) is 11.9. The molecule has 0 bridgehead atoms. The maximum atomic E-state index is 14.3. The van der Waals surface area contributed by atoms with Gasteiger partial charge in [0.25, 0.3) is 0 Å². The van der Waals surface area contributed by atoms with Crippen molar-refractivity contribution in [3.05, 3.63) is 70.5 Å². The summed E-state index contributed by atoms with van der Waals surface area (Å²) in [6.45, 7) is 6.29. The fraction of sp³-hybridized carbons (Fsp3) is 0.348. The standard InChI is InChI=1S/C23H27ClFN5O3S/c1-23(2,3)21-12-18(30(29-21)17-7-5-6-15(24)10-17)14-27-22(31)28-16-11-19(25)20(26-13-16)8-9-34(4,32)33/h5-7,10-13H,8-9,14H2,1-4H3,(H2,27,28,31). The zero-order chi connectivity index (χ0) is 25.1. The summed E-state index contributed by atoms with van der Waals surface area (Å²) >= 11 is 6.14. The lowest BCUT2D eigenvalue weighted by Gasteiger charge is -2.14. The highest BCUT2D eigenvalue weighted by molar-refractivity contribution is 7.90. The summed E-state index contributed by atoms with van der Waals surface area (Å²) in [5.41, 5.74) is 2.32. The minimum absolute atomic E-state index is 0.0246. The molecule has 0 aliphatic carbocycles. The molecule has 0 unspecified atom stereocenters. The lowest BCUT2D eigenvalue weighted by molar-refractivity contribution is 0.251. The van der Waals surface area contributed by atoms with Gasteiger partial charge in [0.2, 0.25) is 0 Å². The molecule has 11 heteroatoms. The molecule has 182 valence electrons. The van der Waals surface area contributed by atoms with Gasteiger partial charge in [-0.15, -0.1) is 0 Å². The highest BCUT2D eigenvalue weighted by Gasteiger charge is 2.21. The molecule has 2 amide bonds. The van der Waals surface area contributed by atoms with Crippen LogP contribution in [0.4, 0.5) is 14.9 Å². The fourth-order valence-electron chi connectivity index (χ4n) is 3.09. The van der Waals surface area contributed by atoms with E-state index in [4.69, 9.17) is 16.7 Å². The van der Waals surface area contributed by atoms with Crippen LogP contribution < -0.4 is 10.6 Å². The number of carbonyl (C=O) groups excluding carboxylic acids is 1. The van der Waals surface area contributed by atoms with Gasteiger partial charge < -0.3 is 10.6 Å². The van der Waals surface area contributed by atoms with E-state index in [1.807, 2.05) is 39.0 Å². The summed E-state index contributed by atoms with van der Waals surface area (Å²) in [5.74, 6) is -0.892. The molecule has 0 aliphatic rings. The average Bonchev–Trinajstić information content (AvgIpc) is 3.16. The third kappa shape index (κ3) is 7.01. The van der Waals surface area contributed by atoms with Crippen LogP contribution in [-0.4, -0.2) is 41.2 Å². The Labute approximate surface area is 203 Å². The third-order valence-corrected chi connectivity index (χ3v) is 6.10. The number of hydrogen-bond donors (Lipinski definition) is 2. The minimum Gasteiger partial charge on any atom is -0.332 e. The van der Waals surface area contributed by atoms with E-state index in [0.29, 0.717) is 5.02 Å². The monoisotopic (exact) mass is 507 g/mol. The van der Waals surface area contributed by atoms with E-state index in [9.17, 15) is 17.6 Å². The molecule has 0 saturated heterocycles. The van der Waals surface area contributed by atoms with Gasteiger partial charge in [0, 0.05) is 29.2 Å². The van der Waals surface area contributed by atoms with Gasteiger partial charge in [-0.25, -0.2) is 22.3 Å². The average molecular weight is 508 g/mol. The summed E-state index contributed by atoms with van der Waals surface area (Å²) in [5, 5.41) is 10.5. The van der Waals surface area contributed by atoms with Crippen molar-refractivity contribution in [3.63, 3.8) is 0 Å². The van der Waals surface area contributed by atoms with Crippen LogP contribution in [0.3, 0.4) is 0 Å². The Hall–Kier alpha value is -2.98. The number of anilines is 1. The number of carbonyl (C=O) groups is 1. The van der Waals surface area contributed by atoms with Gasteiger partial charge in [0.05, 0.1) is 47.0 Å². The van der Waals surface area contributed by atoms with Crippen molar-refractivity contribution < 1.29 is 17.6 Å². The van der Waals surface area contributed by atoms with Crippen LogP contribution in [0.1, 0.15) is 37.9 Å². The molecule has 34 heavy (non-hydrogen) atoms. The molecule has 1 aromatic carbocycles. The summed E-state index contributed by atoms with van der Waals surface area (Å²) < 4.78 is 38.5. The van der Waals surface area contributed by atoms with Crippen LogP contribution in [0, 0.1) is 5.82 Å². The van der Waals surface area contributed by atoms with Gasteiger partial charge in [-0.2, -0.15) is 5.10 Å². The topological polar surface area (TPSA) is 106 Å². The quantitative estimate of drug-likeness (QED) is 0.497. The molecular formula is C23H27ClFN5O3S. The second kappa shape index (κ2) is 10.1. The smallest absolute Gasteiger partial charge is 0.319 e. The zero-order valence-electron chi connectivity index (χ0n) is 19.4. The van der Waals surface area contributed by atoms with E-state index in [2.05, 4.69) is 15.6 Å². The Morgan fingerprint density at radius 3 is 2.56 bits per heavy atom. The molecule has 3 rings (SSSR count). The van der Waals surface area contributed by atoms with E-state index >= 15 is 0 Å². The van der Waals surface area contributed by atoms with E-state index in [1.165, 1.54) is 6.20 Å². The first-order valence-corrected chi connectivity index (χ1v) is 13.0. The molecule has 0 radical (unpaired) electrons. The van der Waals surface area contributed by atoms with Crippen LogP contribution in [-0.2, 0) is 28.2 Å². The summed E-state index contributed by atoms with van der Waals surface area (Å²) in [6.07, 6.45) is 2.32. The van der Waals surface area contributed by atoms with Crippen molar-refractivity contribution in [1.29, 1.82) is 0 Å². The number of benzene rings is 1. The van der Waals surface area contributed by atoms with Crippen molar-refractivity contribution in [2.75, 3.05) is 17.3 Å². The first-order chi connectivity index (χ1) is 15.8. The maximum absolute atomic E-state index is 14.3. The lowest BCUT2D eigenvalue weighted by Crippen LogP contribution is -2.29. The van der Waals surface area contributed by atoms with Gasteiger partial charge in [-0.3, -0.25) is 4.98 Å². The molecular weight excluding hydrogens is 481 g/mol. The number of hydrogen-bond acceptors (Lipinski definition) is 5. The van der Waals surface area contributed by atoms with Crippen LogP contribution in [0.5, 0.6) is 0 Å². The molecule has 3 aromatic rings. The molecule has 0 fully saturated rings. The minimum atomic E-state index is -3.24. The van der Waals surface area contributed by atoms with Crippen molar-refractivity contribution in [2.45, 2.75) is 39.2 Å². The molecule has 0 spiro atoms. The number of pyridine rings is 1. The lowest BCUT2D eigenvalue weighted by atomic mass is 9.92. The van der Waals surface area contributed by atoms with Crippen LogP contribution in [0.2, 0.25) is 5.02 Å². The van der Waals surface area contributed by atoms with Crippen molar-refractivity contribution in [1.82, 2.24) is 20.1 Å². The van der Waals surface area contributed by atoms with Crippen molar-refractivity contribution >= 4 is 33.2 Å². The second-order valence-electron chi connectivity index (χ2n) is 9.00. The van der Waals surface area contributed by atoms with Gasteiger partial charge in [-0.05, 0) is 24.3 Å². The van der Waals surface area contributed by atoms with Crippen LogP contribution in [0.15, 0.2) is 42.6 Å². The van der Waals surface area contributed by atoms with Crippen molar-refractivity contribution in [2.24, 2.45) is 0 Å². The van der Waals surface area contributed by atoms with Crippen LogP contribution >= 0.6 is 11.6 Å². The molecule has 0 saturated carbocycles. The highest BCUT2D eigenvalue weighted by atomic mass is 35.5. The summed E-state index contributed by atoms with van der Waals surface area (Å²) in [6, 6.07) is 9.71. The number of rotatable bonds is 7.